The zero-order valence-electron chi connectivity index (χ0n) is 13.2. The summed E-state index contributed by atoms with van der Waals surface area (Å²) in [4.78, 5) is 24.0. The molecule has 0 saturated heterocycles. The molecule has 9 heteroatoms. The van der Waals surface area contributed by atoms with Gasteiger partial charge in [0.15, 0.2) is 11.5 Å². The van der Waals surface area contributed by atoms with Gasteiger partial charge in [-0.05, 0) is 36.4 Å². The molecule has 6 nitrogen and oxygen atoms in total. The number of fused-ring (bicyclic) bond motifs is 1. The molecule has 0 saturated carbocycles. The lowest BCUT2D eigenvalue weighted by Gasteiger charge is -2.25. The predicted molar refractivity (Wildman–Crippen MR) is 83.4 cm³/mol. The van der Waals surface area contributed by atoms with E-state index >= 15 is 0 Å². The van der Waals surface area contributed by atoms with Crippen LogP contribution in [0.4, 0.5) is 13.2 Å². The highest BCUT2D eigenvalue weighted by atomic mass is 19.4. The molecule has 0 spiro atoms. The summed E-state index contributed by atoms with van der Waals surface area (Å²) in [5.41, 5.74) is 3.38. The number of carbonyl (C=O) groups is 2. The molecule has 1 atom stereocenters. The van der Waals surface area contributed by atoms with Crippen molar-refractivity contribution < 1.29 is 32.2 Å². The molecule has 2 aromatic carbocycles. The Labute approximate surface area is 145 Å². The van der Waals surface area contributed by atoms with Gasteiger partial charge in [-0.15, -0.1) is 0 Å². The average Bonchev–Trinajstić information content (AvgIpc) is 2.64. The molecule has 2 N–H and O–H groups in total. The minimum Gasteiger partial charge on any atom is -0.485 e. The summed E-state index contributed by atoms with van der Waals surface area (Å²) in [6, 6.07) is 10.4. The molecule has 1 heterocycles. The molecule has 0 aliphatic carbocycles. The molecule has 0 fully saturated rings. The molecule has 3 rings (SSSR count). The first-order chi connectivity index (χ1) is 12.3. The van der Waals surface area contributed by atoms with Crippen LogP contribution in [-0.4, -0.2) is 24.5 Å². The second kappa shape index (κ2) is 6.95. The summed E-state index contributed by atoms with van der Waals surface area (Å²) in [7, 11) is 0. The third kappa shape index (κ3) is 3.88. The lowest BCUT2D eigenvalue weighted by Crippen LogP contribution is -2.50. The SMILES string of the molecule is O=C(NNC(=O)C1COc2ccccc2O1)c1ccc(C(F)(F)F)cc1. The highest BCUT2D eigenvalue weighted by Crippen LogP contribution is 2.31. The van der Waals surface area contributed by atoms with Gasteiger partial charge in [-0.3, -0.25) is 20.4 Å². The number of carbonyl (C=O) groups excluding carboxylic acids is 2. The molecule has 1 unspecified atom stereocenters. The number of para-hydroxylation sites is 2. The zero-order chi connectivity index (χ0) is 18.7. The fourth-order valence-corrected chi connectivity index (χ4v) is 2.23. The summed E-state index contributed by atoms with van der Waals surface area (Å²) >= 11 is 0. The van der Waals surface area contributed by atoms with Gasteiger partial charge in [0.25, 0.3) is 11.8 Å². The van der Waals surface area contributed by atoms with Crippen LogP contribution in [0, 0.1) is 0 Å². The maximum atomic E-state index is 12.5. The van der Waals surface area contributed by atoms with Gasteiger partial charge >= 0.3 is 6.18 Å². The van der Waals surface area contributed by atoms with Crippen molar-refractivity contribution in [3.63, 3.8) is 0 Å². The van der Waals surface area contributed by atoms with E-state index in [9.17, 15) is 22.8 Å². The fraction of sp³-hybridized carbons (Fsp3) is 0.176. The zero-order valence-corrected chi connectivity index (χ0v) is 13.2. The molecular formula is C17H13F3N2O4. The Kier molecular flexibility index (Phi) is 4.70. The minimum absolute atomic E-state index is 0.0375. The van der Waals surface area contributed by atoms with Gasteiger partial charge in [0.2, 0.25) is 6.10 Å². The van der Waals surface area contributed by atoms with Crippen LogP contribution in [0.25, 0.3) is 0 Å². The van der Waals surface area contributed by atoms with Gasteiger partial charge in [-0.2, -0.15) is 13.2 Å². The smallest absolute Gasteiger partial charge is 0.416 e. The Morgan fingerprint density at radius 1 is 0.962 bits per heavy atom. The highest BCUT2D eigenvalue weighted by Gasteiger charge is 2.30. The third-order valence-electron chi connectivity index (χ3n) is 3.57. The van der Waals surface area contributed by atoms with Crippen LogP contribution in [0.15, 0.2) is 48.5 Å². The van der Waals surface area contributed by atoms with Crippen molar-refractivity contribution in [1.82, 2.24) is 10.9 Å². The van der Waals surface area contributed by atoms with Crippen LogP contribution in [0.5, 0.6) is 11.5 Å². The first kappa shape index (κ1) is 17.6. The van der Waals surface area contributed by atoms with E-state index in [0.29, 0.717) is 11.5 Å². The molecular weight excluding hydrogens is 353 g/mol. The molecule has 2 amide bonds. The van der Waals surface area contributed by atoms with Gasteiger partial charge < -0.3 is 9.47 Å². The quantitative estimate of drug-likeness (QED) is 0.800. The highest BCUT2D eigenvalue weighted by molar-refractivity contribution is 5.95. The second-order valence-electron chi connectivity index (χ2n) is 5.38. The van der Waals surface area contributed by atoms with Crippen molar-refractivity contribution in [3.8, 4) is 11.5 Å². The van der Waals surface area contributed by atoms with E-state index in [1.54, 1.807) is 24.3 Å². The maximum Gasteiger partial charge on any atom is 0.416 e. The van der Waals surface area contributed by atoms with Crippen molar-refractivity contribution in [1.29, 1.82) is 0 Å². The van der Waals surface area contributed by atoms with E-state index < -0.39 is 29.7 Å². The lowest BCUT2D eigenvalue weighted by molar-refractivity contribution is -0.137. The van der Waals surface area contributed by atoms with E-state index in [0.717, 1.165) is 24.3 Å². The van der Waals surface area contributed by atoms with Crippen LogP contribution < -0.4 is 20.3 Å². The number of halogens is 3. The van der Waals surface area contributed by atoms with Gasteiger partial charge in [-0.25, -0.2) is 0 Å². The van der Waals surface area contributed by atoms with Crippen LogP contribution >= 0.6 is 0 Å². The number of amides is 2. The number of ether oxygens (including phenoxy) is 2. The van der Waals surface area contributed by atoms with Crippen molar-refractivity contribution in [2.24, 2.45) is 0 Å². The summed E-state index contributed by atoms with van der Waals surface area (Å²) in [5, 5.41) is 0. The van der Waals surface area contributed by atoms with E-state index in [1.165, 1.54) is 0 Å². The maximum absolute atomic E-state index is 12.5. The first-order valence-corrected chi connectivity index (χ1v) is 7.50. The summed E-state index contributed by atoms with van der Waals surface area (Å²) in [6.45, 7) is -0.0427. The number of alkyl halides is 3. The molecule has 26 heavy (non-hydrogen) atoms. The van der Waals surface area contributed by atoms with Gasteiger partial charge in [-0.1, -0.05) is 12.1 Å². The minimum atomic E-state index is -4.49. The Balaban J connectivity index is 1.55. The van der Waals surface area contributed by atoms with Crippen molar-refractivity contribution in [2.75, 3.05) is 6.61 Å². The molecule has 0 aromatic heterocycles. The van der Waals surface area contributed by atoms with Gasteiger partial charge in [0.05, 0.1) is 5.56 Å². The molecule has 0 radical (unpaired) electrons. The molecule has 0 bridgehead atoms. The largest absolute Gasteiger partial charge is 0.485 e. The Morgan fingerprint density at radius 2 is 1.62 bits per heavy atom. The number of nitrogens with one attached hydrogen (secondary N) is 2. The summed E-state index contributed by atoms with van der Waals surface area (Å²) in [5.74, 6) is -0.512. The van der Waals surface area contributed by atoms with Crippen molar-refractivity contribution in [3.05, 3.63) is 59.7 Å². The first-order valence-electron chi connectivity index (χ1n) is 7.50. The standard InChI is InChI=1S/C17H13F3N2O4/c18-17(19,20)11-7-5-10(6-8-11)15(23)21-22-16(24)14-9-25-12-3-1-2-4-13(12)26-14/h1-8,14H,9H2,(H,21,23)(H,22,24). The molecule has 136 valence electrons. The Morgan fingerprint density at radius 3 is 2.27 bits per heavy atom. The van der Waals surface area contributed by atoms with Gasteiger partial charge in [0, 0.05) is 5.56 Å². The Bertz CT molecular complexity index is 822. The second-order valence-corrected chi connectivity index (χ2v) is 5.38. The summed E-state index contributed by atoms with van der Waals surface area (Å²) in [6.07, 6.45) is -5.46. The number of benzene rings is 2. The fourth-order valence-electron chi connectivity index (χ4n) is 2.23. The topological polar surface area (TPSA) is 76.7 Å². The number of rotatable bonds is 2. The van der Waals surface area contributed by atoms with E-state index in [-0.39, 0.29) is 12.2 Å². The van der Waals surface area contributed by atoms with E-state index in [1.807, 2.05) is 0 Å². The molecule has 2 aromatic rings. The van der Waals surface area contributed by atoms with E-state index in [2.05, 4.69) is 10.9 Å². The monoisotopic (exact) mass is 366 g/mol. The third-order valence-corrected chi connectivity index (χ3v) is 3.57. The average molecular weight is 366 g/mol. The molecule has 1 aliphatic heterocycles. The van der Waals surface area contributed by atoms with E-state index in [4.69, 9.17) is 9.47 Å². The normalized spacial score (nSPS) is 15.9. The Hall–Kier alpha value is -3.23. The number of hydrogen-bond donors (Lipinski definition) is 2. The summed E-state index contributed by atoms with van der Waals surface area (Å²) < 4.78 is 48.4. The van der Waals surface area contributed by atoms with Crippen molar-refractivity contribution >= 4 is 11.8 Å². The molecule has 1 aliphatic rings. The lowest BCUT2D eigenvalue weighted by atomic mass is 10.1. The number of hydrazine groups is 1. The van der Waals surface area contributed by atoms with Gasteiger partial charge in [0.1, 0.15) is 6.61 Å². The number of hydrogen-bond acceptors (Lipinski definition) is 4. The van der Waals surface area contributed by atoms with Crippen LogP contribution in [0.2, 0.25) is 0 Å². The van der Waals surface area contributed by atoms with Crippen LogP contribution in [0.3, 0.4) is 0 Å². The van der Waals surface area contributed by atoms with Crippen LogP contribution in [0.1, 0.15) is 15.9 Å². The van der Waals surface area contributed by atoms with Crippen molar-refractivity contribution in [2.45, 2.75) is 12.3 Å². The predicted octanol–water partition coefficient (Wildman–Crippen LogP) is 2.31. The van der Waals surface area contributed by atoms with Crippen LogP contribution in [-0.2, 0) is 11.0 Å².